The fourth-order valence-electron chi connectivity index (χ4n) is 1.84. The number of benzene rings is 1. The normalized spacial score (nSPS) is 12.0. The van der Waals surface area contributed by atoms with Crippen molar-refractivity contribution in [2.75, 3.05) is 11.9 Å². The van der Waals surface area contributed by atoms with Crippen molar-refractivity contribution in [3.63, 3.8) is 0 Å². The van der Waals surface area contributed by atoms with E-state index in [2.05, 4.69) is 5.32 Å². The van der Waals surface area contributed by atoms with E-state index in [4.69, 9.17) is 9.84 Å². The zero-order chi connectivity index (χ0) is 16.0. The van der Waals surface area contributed by atoms with Crippen LogP contribution in [0.1, 0.15) is 27.2 Å². The van der Waals surface area contributed by atoms with Crippen molar-refractivity contribution in [3.05, 3.63) is 28.3 Å². The number of rotatable bonds is 8. The Balaban J connectivity index is 3.01. The molecule has 0 bridgehead atoms. The number of nitro benzene ring substituents is 1. The van der Waals surface area contributed by atoms with Crippen LogP contribution in [0.25, 0.3) is 0 Å². The standard InChI is InChI=1S/C14H20N2O5/c1-4-10(14(17)18)8-15-11-6-5-7-12(21-9(2)3)13(11)16(19)20/h5-7,9-10,15H,4,8H2,1-3H3,(H,17,18). The minimum Gasteiger partial charge on any atom is -0.484 e. The Morgan fingerprint density at radius 3 is 2.62 bits per heavy atom. The van der Waals surface area contributed by atoms with Gasteiger partial charge in [0.25, 0.3) is 0 Å². The predicted molar refractivity (Wildman–Crippen MR) is 78.8 cm³/mol. The summed E-state index contributed by atoms with van der Waals surface area (Å²) in [6, 6.07) is 4.70. The molecule has 116 valence electrons. The van der Waals surface area contributed by atoms with Gasteiger partial charge >= 0.3 is 11.7 Å². The van der Waals surface area contributed by atoms with Crippen molar-refractivity contribution in [1.29, 1.82) is 0 Å². The third-order valence-corrected chi connectivity index (χ3v) is 2.93. The molecule has 2 N–H and O–H groups in total. The first kappa shape index (κ1) is 16.7. The predicted octanol–water partition coefficient (Wildman–Crippen LogP) is 2.90. The Bertz CT molecular complexity index is 516. The number of para-hydroxylation sites is 1. The third-order valence-electron chi connectivity index (χ3n) is 2.93. The van der Waals surface area contributed by atoms with Gasteiger partial charge in [-0.15, -0.1) is 0 Å². The van der Waals surface area contributed by atoms with Gasteiger partial charge in [-0.05, 0) is 32.4 Å². The van der Waals surface area contributed by atoms with Crippen molar-refractivity contribution < 1.29 is 19.6 Å². The lowest BCUT2D eigenvalue weighted by atomic mass is 10.1. The van der Waals surface area contributed by atoms with Gasteiger partial charge in [0.2, 0.25) is 0 Å². The second-order valence-corrected chi connectivity index (χ2v) is 4.90. The van der Waals surface area contributed by atoms with Crippen LogP contribution < -0.4 is 10.1 Å². The number of carbonyl (C=O) groups is 1. The van der Waals surface area contributed by atoms with Crippen LogP contribution in [-0.4, -0.2) is 28.6 Å². The summed E-state index contributed by atoms with van der Waals surface area (Å²) in [4.78, 5) is 21.7. The van der Waals surface area contributed by atoms with E-state index in [-0.39, 0.29) is 29.8 Å². The van der Waals surface area contributed by atoms with Crippen LogP contribution in [-0.2, 0) is 4.79 Å². The lowest BCUT2D eigenvalue weighted by molar-refractivity contribution is -0.385. The van der Waals surface area contributed by atoms with Gasteiger partial charge in [-0.1, -0.05) is 13.0 Å². The summed E-state index contributed by atoms with van der Waals surface area (Å²) in [5.41, 5.74) is 0.0873. The number of ether oxygens (including phenoxy) is 1. The second kappa shape index (κ2) is 7.47. The molecule has 1 rings (SSSR count). The summed E-state index contributed by atoms with van der Waals surface area (Å²) in [6.07, 6.45) is 0.250. The topological polar surface area (TPSA) is 102 Å². The zero-order valence-electron chi connectivity index (χ0n) is 12.3. The van der Waals surface area contributed by atoms with Gasteiger partial charge in [-0.25, -0.2) is 0 Å². The van der Waals surface area contributed by atoms with E-state index >= 15 is 0 Å². The lowest BCUT2D eigenvalue weighted by Gasteiger charge is -2.15. The Labute approximate surface area is 123 Å². The van der Waals surface area contributed by atoms with Crippen LogP contribution in [0.15, 0.2) is 18.2 Å². The Morgan fingerprint density at radius 1 is 1.48 bits per heavy atom. The zero-order valence-corrected chi connectivity index (χ0v) is 12.3. The quantitative estimate of drug-likeness (QED) is 0.565. The van der Waals surface area contributed by atoms with E-state index in [0.29, 0.717) is 6.42 Å². The van der Waals surface area contributed by atoms with Gasteiger partial charge in [-0.2, -0.15) is 0 Å². The van der Waals surface area contributed by atoms with Gasteiger partial charge in [0.05, 0.1) is 16.9 Å². The molecule has 0 saturated carbocycles. The molecule has 0 aliphatic carbocycles. The number of anilines is 1. The Hall–Kier alpha value is -2.31. The number of hydrogen-bond donors (Lipinski definition) is 2. The SMILES string of the molecule is CCC(CNc1cccc(OC(C)C)c1[N+](=O)[O-])C(=O)O. The molecule has 1 aromatic rings. The van der Waals surface area contributed by atoms with Gasteiger partial charge in [0.15, 0.2) is 5.75 Å². The van der Waals surface area contributed by atoms with Crippen LogP contribution in [0, 0.1) is 16.0 Å². The summed E-state index contributed by atoms with van der Waals surface area (Å²) in [6.45, 7) is 5.44. The minimum atomic E-state index is -0.928. The Morgan fingerprint density at radius 2 is 2.14 bits per heavy atom. The number of hydrogen-bond acceptors (Lipinski definition) is 5. The molecular weight excluding hydrogens is 276 g/mol. The summed E-state index contributed by atoms with van der Waals surface area (Å²) in [5.74, 6) is -1.36. The highest BCUT2D eigenvalue weighted by Gasteiger charge is 2.23. The van der Waals surface area contributed by atoms with Crippen LogP contribution >= 0.6 is 0 Å². The molecule has 0 fully saturated rings. The molecule has 0 aromatic heterocycles. The monoisotopic (exact) mass is 296 g/mol. The van der Waals surface area contributed by atoms with E-state index in [0.717, 1.165) is 0 Å². The molecule has 0 heterocycles. The molecule has 0 amide bonds. The van der Waals surface area contributed by atoms with Crippen LogP contribution in [0.5, 0.6) is 5.75 Å². The smallest absolute Gasteiger partial charge is 0.333 e. The highest BCUT2D eigenvalue weighted by atomic mass is 16.6. The molecule has 0 radical (unpaired) electrons. The summed E-state index contributed by atoms with van der Waals surface area (Å²) < 4.78 is 5.43. The van der Waals surface area contributed by atoms with Crippen LogP contribution in [0.2, 0.25) is 0 Å². The number of carboxylic acid groups (broad SMARTS) is 1. The van der Waals surface area contributed by atoms with E-state index in [1.165, 1.54) is 6.07 Å². The summed E-state index contributed by atoms with van der Waals surface area (Å²) >= 11 is 0. The molecule has 1 aromatic carbocycles. The molecular formula is C14H20N2O5. The molecule has 7 heteroatoms. The molecule has 0 aliphatic heterocycles. The fourth-order valence-corrected chi connectivity index (χ4v) is 1.84. The van der Waals surface area contributed by atoms with Gasteiger partial charge in [0.1, 0.15) is 5.69 Å². The van der Waals surface area contributed by atoms with E-state index in [9.17, 15) is 14.9 Å². The molecule has 0 saturated heterocycles. The highest BCUT2D eigenvalue weighted by molar-refractivity contribution is 5.72. The minimum absolute atomic E-state index is 0.123. The van der Waals surface area contributed by atoms with Crippen molar-refractivity contribution >= 4 is 17.3 Å². The first-order chi connectivity index (χ1) is 9.86. The maximum atomic E-state index is 11.2. The van der Waals surface area contributed by atoms with Crippen LogP contribution in [0.3, 0.4) is 0 Å². The number of carboxylic acids is 1. The molecule has 0 spiro atoms. The average molecular weight is 296 g/mol. The fraction of sp³-hybridized carbons (Fsp3) is 0.500. The van der Waals surface area contributed by atoms with Crippen molar-refractivity contribution in [3.8, 4) is 5.75 Å². The van der Waals surface area contributed by atoms with Gasteiger partial charge < -0.3 is 15.2 Å². The number of nitrogens with one attached hydrogen (secondary N) is 1. The van der Waals surface area contributed by atoms with E-state index < -0.39 is 16.8 Å². The maximum absolute atomic E-state index is 11.2. The lowest BCUT2D eigenvalue weighted by Crippen LogP contribution is -2.22. The number of nitrogens with zero attached hydrogens (tertiary/aromatic N) is 1. The third kappa shape index (κ3) is 4.62. The van der Waals surface area contributed by atoms with Crippen molar-refractivity contribution in [2.45, 2.75) is 33.3 Å². The maximum Gasteiger partial charge on any atom is 0.333 e. The largest absolute Gasteiger partial charge is 0.484 e. The highest BCUT2D eigenvalue weighted by Crippen LogP contribution is 2.35. The number of nitro groups is 1. The molecule has 1 unspecified atom stereocenters. The molecule has 7 nitrogen and oxygen atoms in total. The average Bonchev–Trinajstić information content (AvgIpc) is 2.38. The number of aliphatic carboxylic acids is 1. The molecule has 21 heavy (non-hydrogen) atoms. The first-order valence-electron chi connectivity index (χ1n) is 6.77. The second-order valence-electron chi connectivity index (χ2n) is 4.90. The molecule has 1 atom stereocenters. The van der Waals surface area contributed by atoms with Gasteiger partial charge in [0, 0.05) is 6.54 Å². The van der Waals surface area contributed by atoms with Crippen molar-refractivity contribution in [1.82, 2.24) is 0 Å². The summed E-state index contributed by atoms with van der Waals surface area (Å²) in [5, 5.41) is 23.1. The van der Waals surface area contributed by atoms with Crippen molar-refractivity contribution in [2.24, 2.45) is 5.92 Å². The molecule has 0 aliphatic rings. The Kier molecular flexibility index (Phi) is 5.95. The van der Waals surface area contributed by atoms with Crippen LogP contribution in [0.4, 0.5) is 11.4 Å². The van der Waals surface area contributed by atoms with E-state index in [1.807, 2.05) is 0 Å². The van der Waals surface area contributed by atoms with Gasteiger partial charge in [-0.3, -0.25) is 14.9 Å². The van der Waals surface area contributed by atoms with E-state index in [1.54, 1.807) is 32.9 Å². The first-order valence-corrected chi connectivity index (χ1v) is 6.77. The summed E-state index contributed by atoms with van der Waals surface area (Å²) in [7, 11) is 0.